The number of aliphatic hydroxyl groups excluding tert-OH is 2. The molecule has 0 aliphatic heterocycles. The van der Waals surface area contributed by atoms with Gasteiger partial charge in [0.2, 0.25) is 17.7 Å². The van der Waals surface area contributed by atoms with Crippen LogP contribution < -0.4 is 16.0 Å². The lowest BCUT2D eigenvalue weighted by molar-refractivity contribution is -0.127. The highest BCUT2D eigenvalue weighted by Crippen LogP contribution is 1.79. The molecule has 98 valence electrons. The smallest absolute Gasteiger partial charge is 0.239 e. The van der Waals surface area contributed by atoms with Gasteiger partial charge in [-0.2, -0.15) is 0 Å². The van der Waals surface area contributed by atoms with E-state index >= 15 is 0 Å². The molecule has 0 saturated heterocycles. The predicted octanol–water partition coefficient (Wildman–Crippen LogP) is -3.29. The first-order valence-electron chi connectivity index (χ1n) is 5.01. The predicted molar refractivity (Wildman–Crippen MR) is 57.8 cm³/mol. The molecule has 0 aromatic carbocycles. The fraction of sp³-hybridized carbons (Fsp3) is 0.667. The second-order valence-electron chi connectivity index (χ2n) is 3.32. The fourth-order valence-electron chi connectivity index (χ4n) is 0.874. The third-order valence-corrected chi connectivity index (χ3v) is 1.75. The summed E-state index contributed by atoms with van der Waals surface area (Å²) in [6.45, 7) is 0.0121. The number of hydrogen-bond donors (Lipinski definition) is 5. The minimum absolute atomic E-state index is 0.202. The van der Waals surface area contributed by atoms with Gasteiger partial charge < -0.3 is 26.2 Å². The van der Waals surface area contributed by atoms with Crippen LogP contribution in [0.1, 0.15) is 6.92 Å². The Balaban J connectivity index is 3.76. The van der Waals surface area contributed by atoms with Gasteiger partial charge in [-0.3, -0.25) is 14.4 Å². The summed E-state index contributed by atoms with van der Waals surface area (Å²) in [5.74, 6) is -1.38. The molecule has 0 radical (unpaired) electrons. The largest absolute Gasteiger partial charge is 0.394 e. The molecule has 0 fully saturated rings. The Labute approximate surface area is 98.4 Å². The molecule has 0 aromatic rings. The van der Waals surface area contributed by atoms with Gasteiger partial charge in [-0.15, -0.1) is 0 Å². The Morgan fingerprint density at radius 2 is 1.53 bits per heavy atom. The van der Waals surface area contributed by atoms with Crippen LogP contribution in [0.25, 0.3) is 0 Å². The molecular formula is C9H17N3O5. The molecule has 0 atom stereocenters. The Kier molecular flexibility index (Phi) is 7.65. The minimum atomic E-state index is -0.741. The summed E-state index contributed by atoms with van der Waals surface area (Å²) in [6.07, 6.45) is 0. The van der Waals surface area contributed by atoms with Gasteiger partial charge >= 0.3 is 0 Å². The van der Waals surface area contributed by atoms with Crippen molar-refractivity contribution >= 4 is 17.7 Å². The number of hydrogen-bond acceptors (Lipinski definition) is 5. The number of carbonyl (C=O) groups excluding carboxylic acids is 3. The average molecular weight is 247 g/mol. The van der Waals surface area contributed by atoms with Gasteiger partial charge in [-0.1, -0.05) is 0 Å². The first kappa shape index (κ1) is 15.3. The fourth-order valence-corrected chi connectivity index (χ4v) is 0.874. The number of rotatable bonds is 7. The van der Waals surface area contributed by atoms with Crippen molar-refractivity contribution in [2.75, 3.05) is 26.3 Å². The van der Waals surface area contributed by atoms with E-state index in [1.54, 1.807) is 0 Å². The molecule has 0 aliphatic rings. The molecule has 8 nitrogen and oxygen atoms in total. The summed E-state index contributed by atoms with van der Waals surface area (Å²) < 4.78 is 0. The molecule has 0 heterocycles. The lowest BCUT2D eigenvalue weighted by Crippen LogP contribution is -2.46. The van der Waals surface area contributed by atoms with E-state index in [1.807, 2.05) is 0 Å². The average Bonchev–Trinajstić information content (AvgIpc) is 2.30. The topological polar surface area (TPSA) is 128 Å². The van der Waals surface area contributed by atoms with Gasteiger partial charge in [0.1, 0.15) is 0 Å². The first-order valence-corrected chi connectivity index (χ1v) is 5.01. The Morgan fingerprint density at radius 1 is 1.00 bits per heavy atom. The minimum Gasteiger partial charge on any atom is -0.394 e. The van der Waals surface area contributed by atoms with Crippen LogP contribution in [-0.4, -0.2) is 60.3 Å². The van der Waals surface area contributed by atoms with Gasteiger partial charge in [0.05, 0.1) is 32.3 Å². The second kappa shape index (κ2) is 8.48. The summed E-state index contributed by atoms with van der Waals surface area (Å²) in [4.78, 5) is 32.7. The van der Waals surface area contributed by atoms with Crippen molar-refractivity contribution in [1.29, 1.82) is 0 Å². The third kappa shape index (κ3) is 8.17. The summed E-state index contributed by atoms with van der Waals surface area (Å²) >= 11 is 0. The van der Waals surface area contributed by atoms with Crippen LogP contribution in [0.2, 0.25) is 0 Å². The van der Waals surface area contributed by atoms with Gasteiger partial charge in [0.15, 0.2) is 0 Å². The summed E-state index contributed by atoms with van der Waals surface area (Å²) in [6, 6.07) is -0.741. The van der Waals surface area contributed by atoms with Gasteiger partial charge in [0.25, 0.3) is 0 Å². The molecule has 0 unspecified atom stereocenters. The summed E-state index contributed by atoms with van der Waals surface area (Å²) in [5, 5.41) is 24.2. The van der Waals surface area contributed by atoms with E-state index < -0.39 is 17.9 Å². The highest BCUT2D eigenvalue weighted by Gasteiger charge is 2.10. The standard InChI is InChI=1S/C9H17N3O5/c1-6(15)10-2-8(16)11-3-9(17)12-7(4-13)5-14/h7,13-14H,2-5H2,1H3,(H,10,15)(H,11,16)(H,12,17). The maximum Gasteiger partial charge on any atom is 0.239 e. The Morgan fingerprint density at radius 3 is 2.00 bits per heavy atom. The molecule has 17 heavy (non-hydrogen) atoms. The van der Waals surface area contributed by atoms with Crippen molar-refractivity contribution in [3.8, 4) is 0 Å². The lowest BCUT2D eigenvalue weighted by atomic mass is 10.3. The van der Waals surface area contributed by atoms with Crippen molar-refractivity contribution in [3.05, 3.63) is 0 Å². The quantitative estimate of drug-likeness (QED) is 0.322. The highest BCUT2D eigenvalue weighted by atomic mass is 16.3. The number of aliphatic hydroxyl groups is 2. The molecule has 0 aliphatic carbocycles. The molecule has 5 N–H and O–H groups in total. The molecule has 8 heteroatoms. The maximum absolute atomic E-state index is 11.2. The molecule has 3 amide bonds. The maximum atomic E-state index is 11.2. The molecule has 0 saturated carbocycles. The van der Waals surface area contributed by atoms with Crippen LogP contribution in [0.3, 0.4) is 0 Å². The van der Waals surface area contributed by atoms with Crippen LogP contribution in [0, 0.1) is 0 Å². The molecule has 0 spiro atoms. The van der Waals surface area contributed by atoms with E-state index in [0.29, 0.717) is 0 Å². The van der Waals surface area contributed by atoms with E-state index in [0.717, 1.165) is 0 Å². The Bertz CT molecular complexity index is 278. The molecule has 0 rings (SSSR count). The van der Waals surface area contributed by atoms with Crippen molar-refractivity contribution in [2.45, 2.75) is 13.0 Å². The van der Waals surface area contributed by atoms with Gasteiger partial charge in [-0.05, 0) is 0 Å². The van der Waals surface area contributed by atoms with Crippen LogP contribution >= 0.6 is 0 Å². The van der Waals surface area contributed by atoms with Crippen LogP contribution in [0.15, 0.2) is 0 Å². The summed E-state index contributed by atoms with van der Waals surface area (Å²) in [5.41, 5.74) is 0. The summed E-state index contributed by atoms with van der Waals surface area (Å²) in [7, 11) is 0. The van der Waals surface area contributed by atoms with Gasteiger partial charge in [0, 0.05) is 6.92 Å². The monoisotopic (exact) mass is 247 g/mol. The van der Waals surface area contributed by atoms with E-state index in [9.17, 15) is 14.4 Å². The highest BCUT2D eigenvalue weighted by molar-refractivity contribution is 5.87. The SMILES string of the molecule is CC(=O)NCC(=O)NCC(=O)NC(CO)CO. The van der Waals surface area contributed by atoms with E-state index in [1.165, 1.54) is 6.92 Å². The van der Waals surface area contributed by atoms with E-state index in [2.05, 4.69) is 16.0 Å². The lowest BCUT2D eigenvalue weighted by Gasteiger charge is -2.13. The molecule has 0 bridgehead atoms. The van der Waals surface area contributed by atoms with Crippen molar-refractivity contribution in [1.82, 2.24) is 16.0 Å². The van der Waals surface area contributed by atoms with Gasteiger partial charge in [-0.25, -0.2) is 0 Å². The number of amides is 3. The van der Waals surface area contributed by atoms with Crippen LogP contribution in [0.4, 0.5) is 0 Å². The zero-order valence-corrected chi connectivity index (χ0v) is 9.52. The third-order valence-electron chi connectivity index (χ3n) is 1.75. The number of carbonyl (C=O) groups is 3. The molecular weight excluding hydrogens is 230 g/mol. The number of nitrogens with one attached hydrogen (secondary N) is 3. The first-order chi connectivity index (χ1) is 7.99. The van der Waals surface area contributed by atoms with E-state index in [4.69, 9.17) is 10.2 Å². The normalized spacial score (nSPS) is 9.88. The zero-order valence-electron chi connectivity index (χ0n) is 9.52. The van der Waals surface area contributed by atoms with Crippen molar-refractivity contribution < 1.29 is 24.6 Å². The van der Waals surface area contributed by atoms with Crippen molar-refractivity contribution in [3.63, 3.8) is 0 Å². The second-order valence-corrected chi connectivity index (χ2v) is 3.32. The van der Waals surface area contributed by atoms with Crippen LogP contribution in [0.5, 0.6) is 0 Å². The zero-order chi connectivity index (χ0) is 13.3. The van der Waals surface area contributed by atoms with Crippen molar-refractivity contribution in [2.24, 2.45) is 0 Å². The Hall–Kier alpha value is -1.67. The molecule has 0 aromatic heterocycles. The van der Waals surface area contributed by atoms with Crippen LogP contribution in [-0.2, 0) is 14.4 Å². The van der Waals surface area contributed by atoms with E-state index in [-0.39, 0.29) is 32.2 Å².